The molecule has 8 nitrogen and oxygen atoms in total. The van der Waals surface area contributed by atoms with Crippen LogP contribution in [0.5, 0.6) is 0 Å². The molecule has 0 aliphatic carbocycles. The minimum atomic E-state index is -1.34. The smallest absolute Gasteiger partial charge is 0.186 e. The van der Waals surface area contributed by atoms with Crippen molar-refractivity contribution in [3.63, 3.8) is 0 Å². The van der Waals surface area contributed by atoms with Crippen molar-refractivity contribution >= 4 is 0 Å². The van der Waals surface area contributed by atoms with Gasteiger partial charge in [0.1, 0.15) is 30.5 Å². The summed E-state index contributed by atoms with van der Waals surface area (Å²) in [7, 11) is 0. The summed E-state index contributed by atoms with van der Waals surface area (Å²) in [6.07, 6.45) is -6.81. The number of fused-ring (bicyclic) bond motifs is 1. The Hall–Kier alpha value is -1.10. The highest BCUT2D eigenvalue weighted by Gasteiger charge is 2.49. The van der Waals surface area contributed by atoms with E-state index in [1.54, 1.807) is 0 Å². The highest BCUT2D eigenvalue weighted by Crippen LogP contribution is 2.34. The highest BCUT2D eigenvalue weighted by molar-refractivity contribution is 5.16. The van der Waals surface area contributed by atoms with Crippen LogP contribution in [-0.4, -0.2) is 77.1 Å². The van der Waals surface area contributed by atoms with E-state index in [1.165, 1.54) is 0 Å². The lowest BCUT2D eigenvalue weighted by Gasteiger charge is -2.46. The number of ether oxygens (including phenoxy) is 4. The van der Waals surface area contributed by atoms with Gasteiger partial charge in [-0.2, -0.15) is 0 Å². The zero-order valence-corrected chi connectivity index (χ0v) is 13.0. The number of aliphatic hydroxyl groups excluding tert-OH is 4. The largest absolute Gasteiger partial charge is 0.394 e. The molecule has 24 heavy (non-hydrogen) atoms. The van der Waals surface area contributed by atoms with Gasteiger partial charge in [-0.1, -0.05) is 30.3 Å². The number of aliphatic hydroxyl groups is 4. The van der Waals surface area contributed by atoms with E-state index in [0.717, 1.165) is 5.56 Å². The predicted molar refractivity (Wildman–Crippen MR) is 79.7 cm³/mol. The van der Waals surface area contributed by atoms with Gasteiger partial charge in [0.25, 0.3) is 0 Å². The standard InChI is InChI=1S/C16H22O8/c17-6-10(18)7-21-16-13(20)12(19)14-11(23-16)8-22-15(24-14)9-4-2-1-3-5-9/h1-5,10-20H,6-8H2/t10-,11-,12-,13-,14-,15-,16-/m1/s1. The Kier molecular flexibility index (Phi) is 5.80. The molecule has 3 rings (SSSR count). The Balaban J connectivity index is 1.63. The minimum Gasteiger partial charge on any atom is -0.394 e. The fourth-order valence-corrected chi connectivity index (χ4v) is 2.75. The van der Waals surface area contributed by atoms with E-state index in [0.29, 0.717) is 0 Å². The molecule has 2 heterocycles. The first-order chi connectivity index (χ1) is 11.6. The number of benzene rings is 1. The lowest BCUT2D eigenvalue weighted by Crippen LogP contribution is -2.62. The normalized spacial score (nSPS) is 37.7. The molecular formula is C16H22O8. The molecule has 0 spiro atoms. The molecule has 7 atom stereocenters. The lowest BCUT2D eigenvalue weighted by atomic mass is 9.98. The van der Waals surface area contributed by atoms with Gasteiger partial charge in [0.05, 0.1) is 19.8 Å². The Morgan fingerprint density at radius 3 is 2.58 bits per heavy atom. The van der Waals surface area contributed by atoms with E-state index in [1.807, 2.05) is 30.3 Å². The van der Waals surface area contributed by atoms with Crippen LogP contribution in [0.4, 0.5) is 0 Å². The maximum absolute atomic E-state index is 10.3. The summed E-state index contributed by atoms with van der Waals surface area (Å²) in [6.45, 7) is -0.532. The van der Waals surface area contributed by atoms with Crippen molar-refractivity contribution in [2.45, 2.75) is 43.1 Å². The van der Waals surface area contributed by atoms with Crippen LogP contribution in [0, 0.1) is 0 Å². The van der Waals surface area contributed by atoms with Crippen molar-refractivity contribution < 1.29 is 39.4 Å². The van der Waals surface area contributed by atoms with Crippen LogP contribution in [0.25, 0.3) is 0 Å². The zero-order chi connectivity index (χ0) is 17.1. The average molecular weight is 342 g/mol. The second-order valence-corrected chi connectivity index (χ2v) is 5.87. The first-order valence-electron chi connectivity index (χ1n) is 7.84. The van der Waals surface area contributed by atoms with Gasteiger partial charge in [0, 0.05) is 5.56 Å². The van der Waals surface area contributed by atoms with Crippen molar-refractivity contribution in [2.75, 3.05) is 19.8 Å². The maximum atomic E-state index is 10.3. The molecule has 0 radical (unpaired) electrons. The summed E-state index contributed by atoms with van der Waals surface area (Å²) in [5.41, 5.74) is 0.807. The molecule has 1 aromatic carbocycles. The maximum Gasteiger partial charge on any atom is 0.186 e. The molecule has 2 aliphatic heterocycles. The summed E-state index contributed by atoms with van der Waals surface area (Å²) in [5.74, 6) is 0. The first-order valence-corrected chi connectivity index (χ1v) is 7.84. The number of rotatable bonds is 5. The van der Waals surface area contributed by atoms with Crippen molar-refractivity contribution in [3.05, 3.63) is 35.9 Å². The molecule has 2 aliphatic rings. The van der Waals surface area contributed by atoms with E-state index < -0.39 is 49.7 Å². The molecule has 0 saturated carbocycles. The van der Waals surface area contributed by atoms with Crippen LogP contribution in [0.2, 0.25) is 0 Å². The third-order valence-corrected chi connectivity index (χ3v) is 4.07. The monoisotopic (exact) mass is 342 g/mol. The van der Waals surface area contributed by atoms with Gasteiger partial charge < -0.3 is 39.4 Å². The van der Waals surface area contributed by atoms with Crippen LogP contribution >= 0.6 is 0 Å². The number of hydrogen-bond acceptors (Lipinski definition) is 8. The van der Waals surface area contributed by atoms with Gasteiger partial charge in [-0.25, -0.2) is 0 Å². The molecule has 2 fully saturated rings. The molecule has 8 heteroatoms. The summed E-state index contributed by atoms with van der Waals surface area (Å²) in [4.78, 5) is 0. The average Bonchev–Trinajstić information content (AvgIpc) is 2.63. The topological polar surface area (TPSA) is 118 Å². The molecule has 0 aromatic heterocycles. The van der Waals surface area contributed by atoms with Gasteiger partial charge in [-0.05, 0) is 0 Å². The molecule has 134 valence electrons. The fourth-order valence-electron chi connectivity index (χ4n) is 2.75. The molecule has 1 aromatic rings. The summed E-state index contributed by atoms with van der Waals surface area (Å²) in [6, 6.07) is 9.28. The second kappa shape index (κ2) is 7.85. The predicted octanol–water partition coefficient (Wildman–Crippen LogP) is -1.08. The second-order valence-electron chi connectivity index (χ2n) is 5.87. The minimum absolute atomic E-state index is 0.163. The van der Waals surface area contributed by atoms with E-state index >= 15 is 0 Å². The molecule has 2 saturated heterocycles. The van der Waals surface area contributed by atoms with Gasteiger partial charge in [-0.3, -0.25) is 0 Å². The fraction of sp³-hybridized carbons (Fsp3) is 0.625. The molecule has 4 N–H and O–H groups in total. The van der Waals surface area contributed by atoms with Crippen LogP contribution < -0.4 is 0 Å². The van der Waals surface area contributed by atoms with Crippen LogP contribution in [0.15, 0.2) is 30.3 Å². The molecule has 0 bridgehead atoms. The third-order valence-electron chi connectivity index (χ3n) is 4.07. The molecule has 0 amide bonds. The Morgan fingerprint density at radius 2 is 1.88 bits per heavy atom. The first kappa shape index (κ1) is 17.7. The van der Waals surface area contributed by atoms with E-state index in [9.17, 15) is 15.3 Å². The van der Waals surface area contributed by atoms with Crippen molar-refractivity contribution in [2.24, 2.45) is 0 Å². The summed E-state index contributed by atoms with van der Waals surface area (Å²) < 4.78 is 22.2. The quantitative estimate of drug-likeness (QED) is 0.534. The van der Waals surface area contributed by atoms with Crippen molar-refractivity contribution in [1.82, 2.24) is 0 Å². The van der Waals surface area contributed by atoms with E-state index in [4.69, 9.17) is 24.1 Å². The Labute approximate surface area is 139 Å². The molecule has 0 unspecified atom stereocenters. The van der Waals surface area contributed by atoms with Gasteiger partial charge in [0.15, 0.2) is 12.6 Å². The van der Waals surface area contributed by atoms with E-state index in [2.05, 4.69) is 0 Å². The van der Waals surface area contributed by atoms with Gasteiger partial charge in [0.2, 0.25) is 0 Å². The summed E-state index contributed by atoms with van der Waals surface area (Å²) in [5, 5.41) is 38.6. The SMILES string of the molecule is OC[C@@H](O)CO[C@@H]1O[C@@H]2CO[C@@H](c3ccccc3)O[C@H]2[C@H](O)[C@H]1O. The van der Waals surface area contributed by atoms with E-state index in [-0.39, 0.29) is 13.2 Å². The summed E-state index contributed by atoms with van der Waals surface area (Å²) >= 11 is 0. The Morgan fingerprint density at radius 1 is 1.12 bits per heavy atom. The van der Waals surface area contributed by atoms with Crippen molar-refractivity contribution in [3.8, 4) is 0 Å². The van der Waals surface area contributed by atoms with Crippen molar-refractivity contribution in [1.29, 1.82) is 0 Å². The zero-order valence-electron chi connectivity index (χ0n) is 13.0. The molecular weight excluding hydrogens is 320 g/mol. The highest BCUT2D eigenvalue weighted by atomic mass is 16.8. The lowest BCUT2D eigenvalue weighted by molar-refractivity contribution is -0.362. The number of hydrogen-bond donors (Lipinski definition) is 4. The third kappa shape index (κ3) is 3.76. The van der Waals surface area contributed by atoms with Gasteiger partial charge >= 0.3 is 0 Å². The van der Waals surface area contributed by atoms with Crippen LogP contribution in [0.3, 0.4) is 0 Å². The Bertz CT molecular complexity index is 510. The van der Waals surface area contributed by atoms with Crippen LogP contribution in [-0.2, 0) is 18.9 Å². The van der Waals surface area contributed by atoms with Crippen LogP contribution in [0.1, 0.15) is 11.9 Å². The van der Waals surface area contributed by atoms with Gasteiger partial charge in [-0.15, -0.1) is 0 Å².